The van der Waals surface area contributed by atoms with E-state index in [0.717, 1.165) is 0 Å². The van der Waals surface area contributed by atoms with E-state index in [-0.39, 0.29) is 12.4 Å². The van der Waals surface area contributed by atoms with Crippen LogP contribution in [0, 0.1) is 0 Å². The Hall–Kier alpha value is -3.27. The highest BCUT2D eigenvalue weighted by Crippen LogP contribution is 2.27. The van der Waals surface area contributed by atoms with Gasteiger partial charge in [0, 0.05) is 5.56 Å². The van der Waals surface area contributed by atoms with Crippen molar-refractivity contribution in [3.63, 3.8) is 0 Å². The van der Waals surface area contributed by atoms with E-state index in [9.17, 15) is 4.79 Å². The van der Waals surface area contributed by atoms with Crippen LogP contribution in [-0.2, 0) is 6.61 Å². The van der Waals surface area contributed by atoms with Crippen molar-refractivity contribution in [3.05, 3.63) is 89.4 Å². The lowest BCUT2D eigenvalue weighted by Gasteiger charge is -2.08. The minimum absolute atomic E-state index is 0.0569. The van der Waals surface area contributed by atoms with E-state index in [1.54, 1.807) is 13.2 Å². The van der Waals surface area contributed by atoms with E-state index in [4.69, 9.17) is 13.9 Å². The number of methoxy groups -OCH3 is 1. The molecule has 1 heterocycles. The normalized spacial score (nSPS) is 11.1. The van der Waals surface area contributed by atoms with Crippen molar-refractivity contribution in [2.75, 3.05) is 7.11 Å². The molecule has 0 unspecified atom stereocenters. The number of furan rings is 1. The Morgan fingerprint density at radius 2 is 1.71 bits per heavy atom. The van der Waals surface area contributed by atoms with Gasteiger partial charge in [0.2, 0.25) is 0 Å². The van der Waals surface area contributed by atoms with E-state index in [2.05, 4.69) is 13.8 Å². The first-order chi connectivity index (χ1) is 13.6. The van der Waals surface area contributed by atoms with Gasteiger partial charge in [0.25, 0.3) is 0 Å². The lowest BCUT2D eigenvalue weighted by Crippen LogP contribution is -1.96. The van der Waals surface area contributed by atoms with Crippen molar-refractivity contribution in [2.24, 2.45) is 0 Å². The molecule has 0 N–H and O–H groups in total. The third kappa shape index (κ3) is 4.92. The summed E-state index contributed by atoms with van der Waals surface area (Å²) in [5.41, 5.74) is 1.87. The molecular weight excluding hydrogens is 352 g/mol. The van der Waals surface area contributed by atoms with Crippen molar-refractivity contribution in [3.8, 4) is 11.5 Å². The maximum Gasteiger partial charge on any atom is 0.185 e. The molecule has 0 fully saturated rings. The van der Waals surface area contributed by atoms with Gasteiger partial charge >= 0.3 is 0 Å². The molecule has 0 saturated carbocycles. The third-order valence-electron chi connectivity index (χ3n) is 4.38. The number of ether oxygens (including phenoxy) is 2. The Bertz CT molecular complexity index is 949. The number of carbonyl (C=O) groups is 1. The van der Waals surface area contributed by atoms with Crippen LogP contribution >= 0.6 is 0 Å². The first-order valence-corrected chi connectivity index (χ1v) is 9.23. The van der Waals surface area contributed by atoms with Crippen LogP contribution in [0.4, 0.5) is 0 Å². The Morgan fingerprint density at radius 3 is 2.39 bits per heavy atom. The fraction of sp³-hybridized carbons (Fsp3) is 0.208. The van der Waals surface area contributed by atoms with E-state index in [1.807, 2.05) is 60.7 Å². The zero-order valence-corrected chi connectivity index (χ0v) is 16.3. The highest BCUT2D eigenvalue weighted by Gasteiger charge is 2.07. The first-order valence-electron chi connectivity index (χ1n) is 9.23. The van der Waals surface area contributed by atoms with Crippen LogP contribution in [0.15, 0.2) is 71.2 Å². The van der Waals surface area contributed by atoms with Crippen LogP contribution < -0.4 is 9.47 Å². The van der Waals surface area contributed by atoms with Crippen LogP contribution in [0.5, 0.6) is 11.5 Å². The second-order valence-electron chi connectivity index (χ2n) is 6.72. The number of carbonyl (C=O) groups excluding carboxylic acids is 1. The molecule has 28 heavy (non-hydrogen) atoms. The Morgan fingerprint density at radius 1 is 1.00 bits per heavy atom. The Kier molecular flexibility index (Phi) is 6.33. The van der Waals surface area contributed by atoms with Crippen LogP contribution in [0.3, 0.4) is 0 Å². The maximum atomic E-state index is 12.3. The predicted molar refractivity (Wildman–Crippen MR) is 110 cm³/mol. The molecule has 0 amide bonds. The van der Waals surface area contributed by atoms with Crippen LogP contribution in [0.25, 0.3) is 6.08 Å². The maximum absolute atomic E-state index is 12.3. The molecule has 1 aromatic heterocycles. The number of rotatable bonds is 8. The molecule has 4 nitrogen and oxygen atoms in total. The summed E-state index contributed by atoms with van der Waals surface area (Å²) in [6.45, 7) is 4.53. The molecule has 4 heteroatoms. The minimum atomic E-state index is -0.0569. The molecule has 0 aliphatic rings. The molecule has 0 saturated heterocycles. The van der Waals surface area contributed by atoms with Gasteiger partial charge in [-0.1, -0.05) is 50.2 Å². The monoisotopic (exact) mass is 376 g/mol. The van der Waals surface area contributed by atoms with Gasteiger partial charge in [0.1, 0.15) is 18.1 Å². The summed E-state index contributed by atoms with van der Waals surface area (Å²) in [5.74, 6) is 2.98. The minimum Gasteiger partial charge on any atom is -0.493 e. The van der Waals surface area contributed by atoms with E-state index in [1.165, 1.54) is 11.6 Å². The SMILES string of the molecule is COc1ccccc1OCc1ccc(/C=C/C(=O)c2ccc(C(C)C)cc2)o1. The Balaban J connectivity index is 1.59. The van der Waals surface area contributed by atoms with Crippen molar-refractivity contribution >= 4 is 11.9 Å². The molecule has 0 bridgehead atoms. The highest BCUT2D eigenvalue weighted by molar-refractivity contribution is 6.06. The van der Waals surface area contributed by atoms with Crippen molar-refractivity contribution in [2.45, 2.75) is 26.4 Å². The zero-order valence-electron chi connectivity index (χ0n) is 16.3. The number of ketones is 1. The first kappa shape index (κ1) is 19.5. The standard InChI is InChI=1S/C24H24O4/c1-17(2)18-8-10-19(11-9-18)22(25)15-14-20-12-13-21(28-20)16-27-24-7-5-4-6-23(24)26-3/h4-15,17H,16H2,1-3H3/b15-14+. The molecule has 3 aromatic rings. The number of hydrogen-bond acceptors (Lipinski definition) is 4. The lowest BCUT2D eigenvalue weighted by molar-refractivity contribution is 0.104. The van der Waals surface area contributed by atoms with Gasteiger partial charge in [0.15, 0.2) is 17.3 Å². The summed E-state index contributed by atoms with van der Waals surface area (Å²) < 4.78 is 16.7. The summed E-state index contributed by atoms with van der Waals surface area (Å²) in [5, 5.41) is 0. The molecule has 0 radical (unpaired) electrons. The van der Waals surface area contributed by atoms with Gasteiger partial charge in [-0.3, -0.25) is 4.79 Å². The van der Waals surface area contributed by atoms with Gasteiger partial charge in [-0.05, 0) is 47.9 Å². The van der Waals surface area contributed by atoms with Gasteiger partial charge in [0.05, 0.1) is 7.11 Å². The smallest absolute Gasteiger partial charge is 0.185 e. The fourth-order valence-electron chi connectivity index (χ4n) is 2.73. The largest absolute Gasteiger partial charge is 0.493 e. The quantitative estimate of drug-likeness (QED) is 0.363. The van der Waals surface area contributed by atoms with E-state index in [0.29, 0.717) is 34.5 Å². The molecule has 0 aliphatic carbocycles. The van der Waals surface area contributed by atoms with E-state index >= 15 is 0 Å². The molecular formula is C24H24O4. The molecule has 144 valence electrons. The van der Waals surface area contributed by atoms with Gasteiger partial charge in [-0.2, -0.15) is 0 Å². The number of allylic oxidation sites excluding steroid dienone is 1. The van der Waals surface area contributed by atoms with Crippen molar-refractivity contribution in [1.82, 2.24) is 0 Å². The zero-order chi connectivity index (χ0) is 19.9. The van der Waals surface area contributed by atoms with Gasteiger partial charge in [-0.15, -0.1) is 0 Å². The highest BCUT2D eigenvalue weighted by atomic mass is 16.5. The number of hydrogen-bond donors (Lipinski definition) is 0. The topological polar surface area (TPSA) is 48.7 Å². The molecule has 0 aliphatic heterocycles. The number of para-hydroxylation sites is 2. The molecule has 0 spiro atoms. The summed E-state index contributed by atoms with van der Waals surface area (Å²) in [4.78, 5) is 12.3. The van der Waals surface area contributed by atoms with Crippen molar-refractivity contribution in [1.29, 1.82) is 0 Å². The molecule has 3 rings (SSSR count). The van der Waals surface area contributed by atoms with Crippen LogP contribution in [0.2, 0.25) is 0 Å². The molecule has 2 aromatic carbocycles. The summed E-state index contributed by atoms with van der Waals surface area (Å²) in [7, 11) is 1.60. The van der Waals surface area contributed by atoms with E-state index < -0.39 is 0 Å². The summed E-state index contributed by atoms with van der Waals surface area (Å²) in [6.07, 6.45) is 3.19. The van der Waals surface area contributed by atoms with Gasteiger partial charge in [-0.25, -0.2) is 0 Å². The van der Waals surface area contributed by atoms with Crippen LogP contribution in [-0.4, -0.2) is 12.9 Å². The third-order valence-corrected chi connectivity index (χ3v) is 4.38. The summed E-state index contributed by atoms with van der Waals surface area (Å²) in [6, 6.07) is 18.8. The average molecular weight is 376 g/mol. The number of benzene rings is 2. The van der Waals surface area contributed by atoms with Crippen LogP contribution in [0.1, 0.15) is 47.2 Å². The predicted octanol–water partition coefficient (Wildman–Crippen LogP) is 5.89. The average Bonchev–Trinajstić information content (AvgIpc) is 3.18. The second-order valence-corrected chi connectivity index (χ2v) is 6.72. The fourth-order valence-corrected chi connectivity index (χ4v) is 2.73. The molecule has 0 atom stereocenters. The van der Waals surface area contributed by atoms with Crippen molar-refractivity contribution < 1.29 is 18.7 Å². The Labute approximate surface area is 165 Å². The van der Waals surface area contributed by atoms with Gasteiger partial charge < -0.3 is 13.9 Å². The second kappa shape index (κ2) is 9.09. The summed E-state index contributed by atoms with van der Waals surface area (Å²) >= 11 is 0. The lowest BCUT2D eigenvalue weighted by atomic mass is 10.0.